The quantitative estimate of drug-likeness (QED) is 0.365. The zero-order valence-electron chi connectivity index (χ0n) is 20.4. The van der Waals surface area contributed by atoms with E-state index in [0.29, 0.717) is 23.1 Å². The lowest BCUT2D eigenvalue weighted by molar-refractivity contribution is 0.413. The molecule has 0 unspecified atom stereocenters. The van der Waals surface area contributed by atoms with Gasteiger partial charge in [-0.1, -0.05) is 13.0 Å². The normalized spacial score (nSPS) is 11.2. The van der Waals surface area contributed by atoms with Gasteiger partial charge in [-0.25, -0.2) is 14.5 Å². The maximum absolute atomic E-state index is 6.42. The van der Waals surface area contributed by atoms with Gasteiger partial charge in [0.25, 0.3) is 0 Å². The first kappa shape index (κ1) is 23.3. The van der Waals surface area contributed by atoms with Crippen molar-refractivity contribution in [1.29, 1.82) is 0 Å². The van der Waals surface area contributed by atoms with Gasteiger partial charge in [0.2, 0.25) is 5.95 Å². The Morgan fingerprint density at radius 1 is 1.12 bits per heavy atom. The zero-order valence-corrected chi connectivity index (χ0v) is 20.4. The molecule has 4 rings (SSSR count). The fourth-order valence-corrected chi connectivity index (χ4v) is 3.85. The Kier molecular flexibility index (Phi) is 6.83. The molecule has 34 heavy (non-hydrogen) atoms. The van der Waals surface area contributed by atoms with Gasteiger partial charge < -0.3 is 25.6 Å². The molecule has 0 fully saturated rings. The van der Waals surface area contributed by atoms with Crippen molar-refractivity contribution in [2.75, 3.05) is 57.3 Å². The number of ether oxygens (including phenoxy) is 1. The Balaban J connectivity index is 1.67. The van der Waals surface area contributed by atoms with Crippen molar-refractivity contribution in [2.24, 2.45) is 0 Å². The second-order valence-corrected chi connectivity index (χ2v) is 8.47. The molecule has 0 saturated heterocycles. The van der Waals surface area contributed by atoms with E-state index in [2.05, 4.69) is 46.2 Å². The van der Waals surface area contributed by atoms with Gasteiger partial charge in [-0.15, -0.1) is 0 Å². The molecule has 9 nitrogen and oxygen atoms in total. The maximum atomic E-state index is 6.42. The number of nitrogens with one attached hydrogen (secondary N) is 1. The fraction of sp³-hybridized carbons (Fsp3) is 0.320. The van der Waals surface area contributed by atoms with Gasteiger partial charge in [0.1, 0.15) is 5.75 Å². The van der Waals surface area contributed by atoms with Crippen LogP contribution in [-0.4, -0.2) is 65.8 Å². The first-order valence-electron chi connectivity index (χ1n) is 11.3. The highest BCUT2D eigenvalue weighted by Crippen LogP contribution is 2.36. The molecule has 9 heteroatoms. The number of nitrogens with two attached hydrogens (primary N) is 1. The van der Waals surface area contributed by atoms with Crippen LogP contribution in [0.4, 0.5) is 23.0 Å². The Morgan fingerprint density at radius 2 is 1.94 bits per heavy atom. The topological polar surface area (TPSA) is 96.8 Å². The number of anilines is 4. The average Bonchev–Trinajstić information content (AvgIpc) is 3.26. The molecule has 1 aromatic carbocycles. The molecule has 0 saturated carbocycles. The summed E-state index contributed by atoms with van der Waals surface area (Å²) < 4.78 is 7.52. The maximum Gasteiger partial charge on any atom is 0.227 e. The van der Waals surface area contributed by atoms with Crippen LogP contribution in [0.5, 0.6) is 5.75 Å². The number of hydrogen-bond donors (Lipinski definition) is 2. The number of rotatable bonds is 9. The number of likely N-dealkylation sites (N-methyl/N-ethyl adjacent to an activating group) is 2. The van der Waals surface area contributed by atoms with Crippen molar-refractivity contribution >= 4 is 28.5 Å². The van der Waals surface area contributed by atoms with E-state index in [0.717, 1.165) is 47.5 Å². The largest absolute Gasteiger partial charge is 0.494 e. The number of aromatic nitrogens is 4. The van der Waals surface area contributed by atoms with E-state index in [1.54, 1.807) is 7.11 Å². The first-order valence-corrected chi connectivity index (χ1v) is 11.3. The summed E-state index contributed by atoms with van der Waals surface area (Å²) in [5.41, 5.74) is 12.6. The van der Waals surface area contributed by atoms with Crippen LogP contribution >= 0.6 is 0 Å². The highest BCUT2D eigenvalue weighted by molar-refractivity contribution is 5.81. The highest BCUT2D eigenvalue weighted by Gasteiger charge is 2.16. The van der Waals surface area contributed by atoms with Gasteiger partial charge in [0.05, 0.1) is 41.6 Å². The number of nitrogen functional groups attached to an aromatic ring is 1. The van der Waals surface area contributed by atoms with E-state index in [1.165, 1.54) is 0 Å². The van der Waals surface area contributed by atoms with Gasteiger partial charge in [0.15, 0.2) is 0 Å². The second-order valence-electron chi connectivity index (χ2n) is 8.47. The first-order chi connectivity index (χ1) is 16.4. The summed E-state index contributed by atoms with van der Waals surface area (Å²) in [5.74, 6) is 1.13. The van der Waals surface area contributed by atoms with E-state index in [9.17, 15) is 0 Å². The van der Waals surface area contributed by atoms with Crippen molar-refractivity contribution in [3.63, 3.8) is 0 Å². The predicted octanol–water partition coefficient (Wildman–Crippen LogP) is 3.69. The number of pyridine rings is 1. The number of nitrogens with zero attached hydrogens (tertiary/aromatic N) is 6. The van der Waals surface area contributed by atoms with Crippen molar-refractivity contribution in [3.05, 3.63) is 54.5 Å². The molecule has 0 aliphatic rings. The van der Waals surface area contributed by atoms with Crippen molar-refractivity contribution in [2.45, 2.75) is 13.3 Å². The Bertz CT molecular complexity index is 1280. The number of aryl methyl sites for hydroxylation is 1. The molecule has 178 valence electrons. The third kappa shape index (κ3) is 4.74. The van der Waals surface area contributed by atoms with Gasteiger partial charge in [-0.05, 0) is 44.3 Å². The lowest BCUT2D eigenvalue weighted by Crippen LogP contribution is -2.29. The van der Waals surface area contributed by atoms with Crippen LogP contribution in [0.3, 0.4) is 0 Å². The Hall–Kier alpha value is -3.85. The molecular formula is C25H32N8O. The number of fused-ring (bicyclic) bond motifs is 1. The lowest BCUT2D eigenvalue weighted by Gasteiger charge is -2.24. The SMILES string of the molecule is CCc1cnc(Nc2cc(N)c(N(C)CCN(C)C)cc2OC)nc1-c1cnn2ccccc12. The second kappa shape index (κ2) is 9.96. The third-order valence-electron chi connectivity index (χ3n) is 5.82. The van der Waals surface area contributed by atoms with Gasteiger partial charge in [-0.3, -0.25) is 0 Å². The summed E-state index contributed by atoms with van der Waals surface area (Å²) in [7, 11) is 7.77. The molecule has 0 spiro atoms. The van der Waals surface area contributed by atoms with Crippen LogP contribution in [0.1, 0.15) is 12.5 Å². The minimum atomic E-state index is 0.467. The molecule has 0 atom stereocenters. The number of methoxy groups -OCH3 is 1. The monoisotopic (exact) mass is 460 g/mol. The van der Waals surface area contributed by atoms with Crippen molar-refractivity contribution < 1.29 is 4.74 Å². The minimum absolute atomic E-state index is 0.467. The molecule has 0 radical (unpaired) electrons. The minimum Gasteiger partial charge on any atom is -0.494 e. The van der Waals surface area contributed by atoms with E-state index in [1.807, 2.05) is 60.5 Å². The van der Waals surface area contributed by atoms with Crippen molar-refractivity contribution in [3.8, 4) is 17.0 Å². The Morgan fingerprint density at radius 3 is 2.68 bits per heavy atom. The molecule has 3 aromatic heterocycles. The molecule has 4 aromatic rings. The lowest BCUT2D eigenvalue weighted by atomic mass is 10.1. The van der Waals surface area contributed by atoms with E-state index in [4.69, 9.17) is 15.5 Å². The standard InChI is InChI=1S/C25H32N8O/c1-6-17-15-27-25(30-24(17)18-16-28-33-10-8-7-9-21(18)33)29-20-13-19(26)22(14-23(20)34-5)32(4)12-11-31(2)3/h7-10,13-16H,6,11-12,26H2,1-5H3,(H,27,29,30). The van der Waals surface area contributed by atoms with Crippen LogP contribution in [0.15, 0.2) is 48.9 Å². The number of hydrogen-bond acceptors (Lipinski definition) is 8. The molecule has 0 bridgehead atoms. The van der Waals surface area contributed by atoms with E-state index < -0.39 is 0 Å². The summed E-state index contributed by atoms with van der Waals surface area (Å²) in [5, 5.41) is 7.77. The fourth-order valence-electron chi connectivity index (χ4n) is 3.85. The highest BCUT2D eigenvalue weighted by atomic mass is 16.5. The summed E-state index contributed by atoms with van der Waals surface area (Å²) in [6.07, 6.45) is 6.44. The third-order valence-corrected chi connectivity index (χ3v) is 5.82. The van der Waals surface area contributed by atoms with Crippen LogP contribution in [0, 0.1) is 0 Å². The zero-order chi connectivity index (χ0) is 24.2. The average molecular weight is 461 g/mol. The Labute approximate surface area is 200 Å². The summed E-state index contributed by atoms with van der Waals surface area (Å²) in [6.45, 7) is 3.86. The van der Waals surface area contributed by atoms with Crippen molar-refractivity contribution in [1.82, 2.24) is 24.5 Å². The van der Waals surface area contributed by atoms with Crippen LogP contribution < -0.4 is 20.7 Å². The summed E-state index contributed by atoms with van der Waals surface area (Å²) >= 11 is 0. The van der Waals surface area contributed by atoms with E-state index >= 15 is 0 Å². The summed E-state index contributed by atoms with van der Waals surface area (Å²) in [4.78, 5) is 13.7. The van der Waals surface area contributed by atoms with E-state index in [-0.39, 0.29) is 0 Å². The molecular weight excluding hydrogens is 428 g/mol. The number of benzene rings is 1. The smallest absolute Gasteiger partial charge is 0.227 e. The van der Waals surface area contributed by atoms with Crippen LogP contribution in [-0.2, 0) is 6.42 Å². The van der Waals surface area contributed by atoms with Crippen LogP contribution in [0.25, 0.3) is 16.8 Å². The molecule has 3 heterocycles. The van der Waals surface area contributed by atoms with Gasteiger partial charge >= 0.3 is 0 Å². The summed E-state index contributed by atoms with van der Waals surface area (Å²) in [6, 6.07) is 9.80. The van der Waals surface area contributed by atoms with Gasteiger partial charge in [0, 0.05) is 44.2 Å². The molecule has 3 N–H and O–H groups in total. The molecule has 0 amide bonds. The van der Waals surface area contributed by atoms with Gasteiger partial charge in [-0.2, -0.15) is 5.10 Å². The molecule has 0 aliphatic heterocycles. The molecule has 0 aliphatic carbocycles. The predicted molar refractivity (Wildman–Crippen MR) is 138 cm³/mol. The van der Waals surface area contributed by atoms with Crippen LogP contribution in [0.2, 0.25) is 0 Å².